The van der Waals surface area contributed by atoms with E-state index in [2.05, 4.69) is 65.2 Å². The fourth-order valence-electron chi connectivity index (χ4n) is 5.69. The first-order chi connectivity index (χ1) is 18.7. The molecule has 0 N–H and O–H groups in total. The molecule has 1 aliphatic rings. The van der Waals surface area contributed by atoms with Crippen LogP contribution in [0.15, 0.2) is 121 Å². The van der Waals surface area contributed by atoms with Crippen LogP contribution in [0.1, 0.15) is 0 Å². The quantitative estimate of drug-likeness (QED) is 0.138. The number of ether oxygens (including phenoxy) is 1. The van der Waals surface area contributed by atoms with Gasteiger partial charge in [0.1, 0.15) is 12.9 Å². The van der Waals surface area contributed by atoms with Crippen LogP contribution in [0.4, 0.5) is 0 Å². The van der Waals surface area contributed by atoms with Crippen molar-refractivity contribution >= 4 is 55.6 Å². The van der Waals surface area contributed by atoms with Gasteiger partial charge in [0.2, 0.25) is 0 Å². The van der Waals surface area contributed by atoms with Crippen LogP contribution in [0.25, 0.3) is 38.3 Å². The van der Waals surface area contributed by atoms with Gasteiger partial charge in [-0.05, 0) is 24.3 Å². The van der Waals surface area contributed by atoms with Crippen LogP contribution >= 0.6 is 7.14 Å². The van der Waals surface area contributed by atoms with Crippen LogP contribution in [0.2, 0.25) is 0 Å². The minimum atomic E-state index is -3.29. The van der Waals surface area contributed by atoms with Crippen molar-refractivity contribution in [1.82, 2.24) is 4.57 Å². The molecule has 1 aliphatic heterocycles. The van der Waals surface area contributed by atoms with E-state index in [9.17, 15) is 0 Å². The predicted octanol–water partition coefficient (Wildman–Crippen LogP) is 7.28. The molecule has 0 saturated carbocycles. The van der Waals surface area contributed by atoms with E-state index in [1.165, 1.54) is 10.8 Å². The molecule has 6 aromatic carbocycles. The van der Waals surface area contributed by atoms with Gasteiger partial charge < -0.3 is 13.9 Å². The van der Waals surface area contributed by atoms with Crippen molar-refractivity contribution in [2.75, 3.05) is 0 Å². The summed E-state index contributed by atoms with van der Waals surface area (Å²) >= 11 is 0. The Balaban J connectivity index is 0.00000253. The zero-order valence-electron chi connectivity index (χ0n) is 20.8. The van der Waals surface area contributed by atoms with Gasteiger partial charge >= 0.3 is 31.1 Å². The number of hydrogen-bond acceptors (Lipinski definition) is 2. The third-order valence-corrected chi connectivity index (χ3v) is 10.4. The first-order valence-corrected chi connectivity index (χ1v) is 14.3. The Morgan fingerprint density at radius 2 is 1.36 bits per heavy atom. The molecular formula is C34H20NO2PU. The third kappa shape index (κ3) is 3.60. The average molecular weight is 744 g/mol. The van der Waals surface area contributed by atoms with Crippen molar-refractivity contribution in [1.29, 1.82) is 0 Å². The van der Waals surface area contributed by atoms with Gasteiger partial charge in [-0.2, -0.15) is 12.1 Å². The Hall–Kier alpha value is -3.54. The molecule has 7 aromatic rings. The second kappa shape index (κ2) is 9.29. The van der Waals surface area contributed by atoms with Gasteiger partial charge in [0.15, 0.2) is 0 Å². The Morgan fingerprint density at radius 3 is 2.15 bits per heavy atom. The molecule has 0 bridgehead atoms. The Labute approximate surface area is 249 Å². The molecule has 1 atom stereocenters. The van der Waals surface area contributed by atoms with Crippen LogP contribution in [0.3, 0.4) is 0 Å². The molecule has 182 valence electrons. The number of fused-ring (bicyclic) bond motifs is 6. The minimum absolute atomic E-state index is 0. The SMILES string of the molecule is O=P1(c2[c-]c3ccccc3cc2)c2[c-]cc(-n3c4ccccc4c4ccccc43)cc2Oc2ccccc21.[U+2]. The maximum absolute atomic E-state index is 15.2. The second-order valence-electron chi connectivity index (χ2n) is 9.55. The van der Waals surface area contributed by atoms with Crippen LogP contribution in [-0.4, -0.2) is 4.57 Å². The summed E-state index contributed by atoms with van der Waals surface area (Å²) in [6.07, 6.45) is 0. The van der Waals surface area contributed by atoms with E-state index < -0.39 is 7.14 Å². The summed E-state index contributed by atoms with van der Waals surface area (Å²) in [5.41, 5.74) is 3.11. The first-order valence-electron chi connectivity index (χ1n) is 12.6. The maximum Gasteiger partial charge on any atom is 2.00 e. The van der Waals surface area contributed by atoms with Crippen molar-refractivity contribution in [3.8, 4) is 17.2 Å². The topological polar surface area (TPSA) is 31.2 Å². The Morgan fingerprint density at radius 1 is 0.692 bits per heavy atom. The third-order valence-electron chi connectivity index (χ3n) is 7.43. The van der Waals surface area contributed by atoms with Crippen molar-refractivity contribution in [3.63, 3.8) is 0 Å². The van der Waals surface area contributed by atoms with Gasteiger partial charge in [0.25, 0.3) is 0 Å². The molecule has 1 aromatic heterocycles. The summed E-state index contributed by atoms with van der Waals surface area (Å²) in [5, 5.41) is 6.29. The van der Waals surface area contributed by atoms with Gasteiger partial charge in [0.05, 0.1) is 5.30 Å². The molecule has 2 heterocycles. The minimum Gasteiger partial charge on any atom is -0.515 e. The molecule has 0 radical (unpaired) electrons. The van der Waals surface area contributed by atoms with E-state index in [0.717, 1.165) is 27.5 Å². The summed E-state index contributed by atoms with van der Waals surface area (Å²) in [5.74, 6) is 1.17. The number of benzene rings is 6. The van der Waals surface area contributed by atoms with Crippen LogP contribution in [0, 0.1) is 43.2 Å². The molecule has 5 heteroatoms. The molecule has 39 heavy (non-hydrogen) atoms. The van der Waals surface area contributed by atoms with E-state index in [1.807, 2.05) is 72.8 Å². The van der Waals surface area contributed by atoms with E-state index in [1.54, 1.807) is 0 Å². The summed E-state index contributed by atoms with van der Waals surface area (Å²) in [4.78, 5) is 0. The van der Waals surface area contributed by atoms with Gasteiger partial charge in [-0.15, -0.1) is 47.2 Å². The second-order valence-corrected chi connectivity index (χ2v) is 12.2. The van der Waals surface area contributed by atoms with Gasteiger partial charge in [-0.25, -0.2) is 0 Å². The summed E-state index contributed by atoms with van der Waals surface area (Å²) in [7, 11) is -3.29. The molecule has 8 rings (SSSR count). The zero-order chi connectivity index (χ0) is 25.3. The van der Waals surface area contributed by atoms with E-state index in [-0.39, 0.29) is 31.1 Å². The number of hydrogen-bond donors (Lipinski definition) is 0. The molecule has 0 spiro atoms. The number of nitrogens with zero attached hydrogens (tertiary/aromatic N) is 1. The van der Waals surface area contributed by atoms with Crippen molar-refractivity contribution in [2.45, 2.75) is 0 Å². The maximum atomic E-state index is 15.2. The van der Waals surface area contributed by atoms with Gasteiger partial charge in [-0.1, -0.05) is 77.0 Å². The van der Waals surface area contributed by atoms with E-state index in [4.69, 9.17) is 4.74 Å². The first kappa shape index (κ1) is 24.5. The molecule has 3 nitrogen and oxygen atoms in total. The molecule has 0 saturated heterocycles. The summed E-state index contributed by atoms with van der Waals surface area (Å²) in [6.45, 7) is 0. The van der Waals surface area contributed by atoms with Gasteiger partial charge in [-0.3, -0.25) is 0 Å². The van der Waals surface area contributed by atoms with Crippen molar-refractivity contribution in [2.24, 2.45) is 0 Å². The Kier molecular flexibility index (Phi) is 5.83. The standard InChI is InChI=1S/C34H20NO2P.U/c36-38(26-19-17-23-9-1-2-10-24(23)21-26)33-16-8-7-15-31(33)37-32-22-25(18-20-34(32)38)35-29-13-5-3-11-27(29)28-12-4-6-14-30(28)35;/h1-19,22H;/q-2;+2. The normalized spacial score (nSPS) is 15.9. The van der Waals surface area contributed by atoms with E-state index >= 15 is 4.57 Å². The molecule has 1 unspecified atom stereocenters. The van der Waals surface area contributed by atoms with Crippen molar-refractivity contribution in [3.05, 3.63) is 133 Å². The predicted molar refractivity (Wildman–Crippen MR) is 155 cm³/mol. The molecule has 0 fully saturated rings. The monoisotopic (exact) mass is 743 g/mol. The molecule has 0 amide bonds. The van der Waals surface area contributed by atoms with Crippen LogP contribution in [0.5, 0.6) is 11.5 Å². The van der Waals surface area contributed by atoms with Gasteiger partial charge in [0, 0.05) is 27.6 Å². The zero-order valence-corrected chi connectivity index (χ0v) is 25.8. The Bertz CT molecular complexity index is 2060. The fraction of sp³-hybridized carbons (Fsp3) is 0. The van der Waals surface area contributed by atoms with E-state index in [0.29, 0.717) is 27.4 Å². The fourth-order valence-corrected chi connectivity index (χ4v) is 8.39. The largest absolute Gasteiger partial charge is 2.00 e. The smallest absolute Gasteiger partial charge is 0.515 e. The number of aromatic nitrogens is 1. The van der Waals surface area contributed by atoms with Crippen molar-refractivity contribution < 1.29 is 40.4 Å². The molecular weight excluding hydrogens is 723 g/mol. The number of para-hydroxylation sites is 3. The average Bonchev–Trinajstić information content (AvgIpc) is 3.31. The number of rotatable bonds is 2. The summed E-state index contributed by atoms with van der Waals surface area (Å²) in [6, 6.07) is 47.2. The van der Waals surface area contributed by atoms with Crippen LogP contribution in [-0.2, 0) is 4.57 Å². The molecule has 0 aliphatic carbocycles. The summed E-state index contributed by atoms with van der Waals surface area (Å²) < 4.78 is 23.8. The van der Waals surface area contributed by atoms with Crippen LogP contribution < -0.4 is 20.7 Å².